The molecule has 0 bridgehead atoms. The van der Waals surface area contributed by atoms with Crippen molar-refractivity contribution in [3.05, 3.63) is 75.0 Å². The Morgan fingerprint density at radius 3 is 2.46 bits per heavy atom. The number of hydrogen-bond donors (Lipinski definition) is 0. The van der Waals surface area contributed by atoms with Crippen LogP contribution in [0.1, 0.15) is 74.7 Å². The van der Waals surface area contributed by atoms with E-state index in [4.69, 9.17) is 4.74 Å². The highest BCUT2D eigenvalue weighted by molar-refractivity contribution is 7.20. The number of ketones is 1. The minimum atomic E-state index is -4.63. The van der Waals surface area contributed by atoms with Gasteiger partial charge in [-0.1, -0.05) is 49.6 Å². The van der Waals surface area contributed by atoms with Crippen LogP contribution in [0.15, 0.2) is 47.8 Å². The Labute approximate surface area is 220 Å². The van der Waals surface area contributed by atoms with Crippen LogP contribution in [-0.2, 0) is 10.9 Å². The molecule has 1 saturated carbocycles. The quantitative estimate of drug-likeness (QED) is 0.181. The molecular formula is C28H24F3NO3S2. The zero-order chi connectivity index (χ0) is 26.2. The van der Waals surface area contributed by atoms with Crippen molar-refractivity contribution < 1.29 is 27.5 Å². The Bertz CT molecular complexity index is 1430. The van der Waals surface area contributed by atoms with Crippen LogP contribution < -0.4 is 0 Å². The Morgan fingerprint density at radius 1 is 1.08 bits per heavy atom. The van der Waals surface area contributed by atoms with Gasteiger partial charge in [-0.15, -0.1) is 22.7 Å². The number of halogens is 3. The van der Waals surface area contributed by atoms with Gasteiger partial charge in [0.15, 0.2) is 12.4 Å². The van der Waals surface area contributed by atoms with Gasteiger partial charge in [-0.3, -0.25) is 4.79 Å². The molecule has 3 aromatic heterocycles. The number of aromatic nitrogens is 1. The number of aryl methyl sites for hydroxylation is 1. The summed E-state index contributed by atoms with van der Waals surface area (Å²) in [5.41, 5.74) is 1.14. The van der Waals surface area contributed by atoms with Crippen LogP contribution in [0, 0.1) is 6.92 Å². The second-order valence-electron chi connectivity index (χ2n) is 9.22. The van der Waals surface area contributed by atoms with Gasteiger partial charge in [0.2, 0.25) is 0 Å². The SMILES string of the molecule is Cc1c(C(=O)OCC(=O)c2ccc(C3CCCCC3)cc2)sc2nc(-c3cccs3)cc(C(F)(F)F)c12. The molecule has 0 saturated heterocycles. The molecule has 0 aliphatic heterocycles. The molecule has 192 valence electrons. The topological polar surface area (TPSA) is 56.3 Å². The van der Waals surface area contributed by atoms with Gasteiger partial charge in [0, 0.05) is 10.9 Å². The minimum Gasteiger partial charge on any atom is -0.453 e. The summed E-state index contributed by atoms with van der Waals surface area (Å²) in [5, 5.41) is 1.65. The molecule has 3 heterocycles. The molecule has 9 heteroatoms. The fourth-order valence-electron chi connectivity index (χ4n) is 4.87. The normalized spacial score (nSPS) is 14.7. The number of thiophene rings is 2. The number of esters is 1. The lowest BCUT2D eigenvalue weighted by Crippen LogP contribution is -2.14. The van der Waals surface area contributed by atoms with Gasteiger partial charge in [-0.25, -0.2) is 9.78 Å². The summed E-state index contributed by atoms with van der Waals surface area (Å²) in [6.45, 7) is 0.957. The lowest BCUT2D eigenvalue weighted by molar-refractivity contribution is -0.136. The highest BCUT2D eigenvalue weighted by Gasteiger charge is 2.36. The molecule has 1 aliphatic rings. The standard InChI is InChI=1S/C28H24F3NO3S2/c1-16-24-20(28(29,30)31)14-21(23-8-5-13-36-23)32-26(24)37-25(16)27(34)35-15-22(33)19-11-9-18(10-12-19)17-6-3-2-4-7-17/h5,8-14,17H,2-4,6-7,15H2,1H3. The van der Waals surface area contributed by atoms with E-state index in [1.54, 1.807) is 29.6 Å². The number of carbonyl (C=O) groups is 2. The molecule has 0 radical (unpaired) electrons. The molecule has 0 N–H and O–H groups in total. The summed E-state index contributed by atoms with van der Waals surface area (Å²) in [7, 11) is 0. The second-order valence-corrected chi connectivity index (χ2v) is 11.2. The summed E-state index contributed by atoms with van der Waals surface area (Å²) < 4.78 is 47.1. The van der Waals surface area contributed by atoms with E-state index in [9.17, 15) is 22.8 Å². The molecule has 4 aromatic rings. The van der Waals surface area contributed by atoms with E-state index in [0.717, 1.165) is 30.2 Å². The van der Waals surface area contributed by atoms with Crippen LogP contribution >= 0.6 is 22.7 Å². The molecule has 1 fully saturated rings. The predicted molar refractivity (Wildman–Crippen MR) is 140 cm³/mol. The molecule has 4 nitrogen and oxygen atoms in total. The van der Waals surface area contributed by atoms with Gasteiger partial charge in [0.05, 0.1) is 16.1 Å². The molecule has 37 heavy (non-hydrogen) atoms. The number of hydrogen-bond acceptors (Lipinski definition) is 6. The van der Waals surface area contributed by atoms with E-state index in [0.29, 0.717) is 16.4 Å². The maximum absolute atomic E-state index is 13.9. The number of carbonyl (C=O) groups excluding carboxylic acids is 2. The van der Waals surface area contributed by atoms with Crippen molar-refractivity contribution in [2.45, 2.75) is 51.1 Å². The number of ether oxygens (including phenoxy) is 1. The molecule has 5 rings (SSSR count). The summed E-state index contributed by atoms with van der Waals surface area (Å²) in [6, 6.07) is 11.9. The van der Waals surface area contributed by atoms with Crippen LogP contribution in [0.3, 0.4) is 0 Å². The summed E-state index contributed by atoms with van der Waals surface area (Å²) in [4.78, 5) is 30.6. The molecule has 0 atom stereocenters. The van der Waals surface area contributed by atoms with Crippen molar-refractivity contribution >= 4 is 44.6 Å². The highest BCUT2D eigenvalue weighted by Crippen LogP contribution is 2.42. The first-order chi connectivity index (χ1) is 17.7. The first-order valence-corrected chi connectivity index (χ1v) is 13.8. The molecule has 1 aromatic carbocycles. The third-order valence-electron chi connectivity index (χ3n) is 6.81. The summed E-state index contributed by atoms with van der Waals surface area (Å²) in [5.74, 6) is -0.683. The van der Waals surface area contributed by atoms with Crippen LogP contribution in [-0.4, -0.2) is 23.3 Å². The monoisotopic (exact) mass is 543 g/mol. The fourth-order valence-corrected chi connectivity index (χ4v) is 6.66. The number of rotatable bonds is 6. The zero-order valence-corrected chi connectivity index (χ0v) is 21.7. The molecule has 0 spiro atoms. The third kappa shape index (κ3) is 5.33. The van der Waals surface area contributed by atoms with Crippen molar-refractivity contribution in [2.75, 3.05) is 6.61 Å². The van der Waals surface area contributed by atoms with Crippen LogP contribution in [0.5, 0.6) is 0 Å². The smallest absolute Gasteiger partial charge is 0.417 e. The zero-order valence-electron chi connectivity index (χ0n) is 20.1. The van der Waals surface area contributed by atoms with Crippen molar-refractivity contribution in [1.29, 1.82) is 0 Å². The average Bonchev–Trinajstić information content (AvgIpc) is 3.55. The predicted octanol–water partition coefficient (Wildman–Crippen LogP) is 8.44. The summed E-state index contributed by atoms with van der Waals surface area (Å²) >= 11 is 2.13. The molecule has 1 aliphatic carbocycles. The number of nitrogens with zero attached hydrogens (tertiary/aromatic N) is 1. The average molecular weight is 544 g/mol. The maximum Gasteiger partial charge on any atom is 0.417 e. The Hall–Kier alpha value is -3.04. The van der Waals surface area contributed by atoms with E-state index in [1.165, 1.54) is 43.1 Å². The van der Waals surface area contributed by atoms with Gasteiger partial charge in [-0.2, -0.15) is 13.2 Å². The van der Waals surface area contributed by atoms with Crippen molar-refractivity contribution in [1.82, 2.24) is 4.98 Å². The van der Waals surface area contributed by atoms with E-state index in [1.807, 2.05) is 12.1 Å². The fraction of sp³-hybridized carbons (Fsp3) is 0.321. The molecular weight excluding hydrogens is 519 g/mol. The van der Waals surface area contributed by atoms with Crippen molar-refractivity contribution in [3.8, 4) is 10.6 Å². The number of pyridine rings is 1. The van der Waals surface area contributed by atoms with Crippen LogP contribution in [0.25, 0.3) is 20.8 Å². The van der Waals surface area contributed by atoms with E-state index in [-0.39, 0.29) is 32.1 Å². The Kier molecular flexibility index (Phi) is 7.18. The van der Waals surface area contributed by atoms with Crippen LogP contribution in [0.4, 0.5) is 13.2 Å². The lowest BCUT2D eigenvalue weighted by Gasteiger charge is -2.22. The first-order valence-electron chi connectivity index (χ1n) is 12.1. The van der Waals surface area contributed by atoms with E-state index in [2.05, 4.69) is 4.98 Å². The minimum absolute atomic E-state index is 0.0109. The first kappa shape index (κ1) is 25.6. The molecule has 0 amide bonds. The highest BCUT2D eigenvalue weighted by atomic mass is 32.1. The lowest BCUT2D eigenvalue weighted by atomic mass is 9.84. The van der Waals surface area contributed by atoms with Gasteiger partial charge in [-0.05, 0) is 54.3 Å². The number of Topliss-reactive ketones (excluding diaryl/α,β-unsaturated/α-hetero) is 1. The van der Waals surface area contributed by atoms with Gasteiger partial charge in [0.25, 0.3) is 0 Å². The number of fused-ring (bicyclic) bond motifs is 1. The molecule has 0 unspecified atom stereocenters. The van der Waals surface area contributed by atoms with Gasteiger partial charge < -0.3 is 4.74 Å². The second kappa shape index (κ2) is 10.4. The van der Waals surface area contributed by atoms with E-state index >= 15 is 0 Å². The van der Waals surface area contributed by atoms with E-state index < -0.39 is 24.3 Å². The van der Waals surface area contributed by atoms with Gasteiger partial charge >= 0.3 is 12.1 Å². The third-order valence-corrected chi connectivity index (χ3v) is 8.87. The summed E-state index contributed by atoms with van der Waals surface area (Å²) in [6.07, 6.45) is 1.38. The Balaban J connectivity index is 1.35. The van der Waals surface area contributed by atoms with Crippen LogP contribution in [0.2, 0.25) is 0 Å². The van der Waals surface area contributed by atoms with Crippen molar-refractivity contribution in [3.63, 3.8) is 0 Å². The van der Waals surface area contributed by atoms with Gasteiger partial charge in [0.1, 0.15) is 9.71 Å². The number of benzene rings is 1. The number of alkyl halides is 3. The van der Waals surface area contributed by atoms with Crippen molar-refractivity contribution in [2.24, 2.45) is 0 Å². The maximum atomic E-state index is 13.9. The largest absolute Gasteiger partial charge is 0.453 e. The Morgan fingerprint density at radius 2 is 1.81 bits per heavy atom.